The summed E-state index contributed by atoms with van der Waals surface area (Å²) in [5, 5.41) is 2.74. The van der Waals surface area contributed by atoms with Gasteiger partial charge in [0.15, 0.2) is 0 Å². The van der Waals surface area contributed by atoms with Crippen molar-refractivity contribution in [2.75, 3.05) is 33.5 Å². The van der Waals surface area contributed by atoms with Crippen molar-refractivity contribution in [3.8, 4) is 0 Å². The van der Waals surface area contributed by atoms with Crippen molar-refractivity contribution in [3.63, 3.8) is 0 Å². The van der Waals surface area contributed by atoms with Crippen molar-refractivity contribution in [1.82, 2.24) is 10.3 Å². The van der Waals surface area contributed by atoms with Gasteiger partial charge < -0.3 is 19.8 Å². The molecule has 1 rings (SSSR count). The molecule has 0 aliphatic carbocycles. The van der Waals surface area contributed by atoms with Crippen LogP contribution in [0.2, 0.25) is 0 Å². The third kappa shape index (κ3) is 5.60. The number of pyridine rings is 1. The molecule has 1 heterocycles. The molecule has 2 N–H and O–H groups in total. The van der Waals surface area contributed by atoms with E-state index in [1.807, 2.05) is 0 Å². The molecule has 1 aromatic rings. The van der Waals surface area contributed by atoms with Crippen LogP contribution in [-0.4, -0.2) is 44.4 Å². The second-order valence-electron chi connectivity index (χ2n) is 3.66. The molecule has 1 amide bonds. The van der Waals surface area contributed by atoms with Gasteiger partial charge in [-0.05, 0) is 12.5 Å². The Morgan fingerprint density at radius 1 is 1.33 bits per heavy atom. The summed E-state index contributed by atoms with van der Waals surface area (Å²) >= 11 is 0. The molecule has 0 aliphatic heterocycles. The summed E-state index contributed by atoms with van der Waals surface area (Å²) in [7, 11) is 1.62. The number of amides is 1. The van der Waals surface area contributed by atoms with Crippen LogP contribution >= 0.6 is 0 Å². The second kappa shape index (κ2) is 8.43. The third-order valence-electron chi connectivity index (χ3n) is 2.23. The van der Waals surface area contributed by atoms with Crippen LogP contribution in [0.25, 0.3) is 0 Å². The Labute approximate surface area is 105 Å². The number of aromatic amines is 1. The first kappa shape index (κ1) is 14.4. The molecule has 1 aromatic heterocycles. The van der Waals surface area contributed by atoms with Crippen LogP contribution in [0.15, 0.2) is 23.1 Å². The number of carbonyl (C=O) groups excluding carboxylic acids is 1. The Morgan fingerprint density at radius 3 is 2.83 bits per heavy atom. The van der Waals surface area contributed by atoms with Crippen molar-refractivity contribution in [2.24, 2.45) is 0 Å². The number of carbonyl (C=O) groups is 1. The number of ether oxygens (including phenoxy) is 2. The predicted octanol–water partition coefficient (Wildman–Crippen LogP) is 0.158. The molecule has 18 heavy (non-hydrogen) atoms. The summed E-state index contributed by atoms with van der Waals surface area (Å²) in [6.07, 6.45) is 2.13. The molecule has 6 nitrogen and oxygen atoms in total. The lowest BCUT2D eigenvalue weighted by molar-refractivity contribution is 0.0688. The van der Waals surface area contributed by atoms with E-state index in [-0.39, 0.29) is 11.5 Å². The molecule has 0 fully saturated rings. The first-order valence-electron chi connectivity index (χ1n) is 5.77. The van der Waals surface area contributed by atoms with Crippen molar-refractivity contribution in [2.45, 2.75) is 6.42 Å². The molecule has 0 saturated carbocycles. The van der Waals surface area contributed by atoms with Gasteiger partial charge in [0.05, 0.1) is 18.8 Å². The molecule has 0 radical (unpaired) electrons. The molecular weight excluding hydrogens is 236 g/mol. The smallest absolute Gasteiger partial charge is 0.252 e. The van der Waals surface area contributed by atoms with E-state index >= 15 is 0 Å². The van der Waals surface area contributed by atoms with Gasteiger partial charge >= 0.3 is 0 Å². The number of hydrogen-bond acceptors (Lipinski definition) is 4. The molecule has 0 bridgehead atoms. The minimum Gasteiger partial charge on any atom is -0.382 e. The zero-order valence-corrected chi connectivity index (χ0v) is 10.4. The van der Waals surface area contributed by atoms with Crippen molar-refractivity contribution in [1.29, 1.82) is 0 Å². The summed E-state index contributed by atoms with van der Waals surface area (Å²) in [6.45, 7) is 2.24. The molecule has 0 saturated heterocycles. The number of H-pyrrole nitrogens is 1. The van der Waals surface area contributed by atoms with Crippen LogP contribution in [0.1, 0.15) is 16.8 Å². The highest BCUT2D eigenvalue weighted by Gasteiger charge is 2.03. The molecule has 0 aliphatic rings. The van der Waals surface area contributed by atoms with Gasteiger partial charge in [-0.15, -0.1) is 0 Å². The average molecular weight is 254 g/mol. The highest BCUT2D eigenvalue weighted by atomic mass is 16.5. The van der Waals surface area contributed by atoms with E-state index in [2.05, 4.69) is 10.3 Å². The Morgan fingerprint density at radius 2 is 2.17 bits per heavy atom. The summed E-state index contributed by atoms with van der Waals surface area (Å²) < 4.78 is 10.1. The molecule has 6 heteroatoms. The topological polar surface area (TPSA) is 80.4 Å². The second-order valence-corrected chi connectivity index (χ2v) is 3.66. The summed E-state index contributed by atoms with van der Waals surface area (Å²) in [6, 6.07) is 2.81. The normalized spacial score (nSPS) is 10.3. The number of aromatic nitrogens is 1. The van der Waals surface area contributed by atoms with Crippen molar-refractivity contribution >= 4 is 5.91 Å². The van der Waals surface area contributed by atoms with E-state index in [4.69, 9.17) is 9.47 Å². The molecule has 0 unspecified atom stereocenters. The van der Waals surface area contributed by atoms with E-state index in [1.54, 1.807) is 7.11 Å². The van der Waals surface area contributed by atoms with Gasteiger partial charge in [-0.1, -0.05) is 0 Å². The SMILES string of the molecule is COCCOCCCNC(=O)c1ccc(=O)[nH]c1. The van der Waals surface area contributed by atoms with Crippen molar-refractivity contribution < 1.29 is 14.3 Å². The molecule has 0 atom stereocenters. The third-order valence-corrected chi connectivity index (χ3v) is 2.23. The van der Waals surface area contributed by atoms with Gasteiger partial charge in [0.1, 0.15) is 0 Å². The molecular formula is C12H18N2O4. The fourth-order valence-electron chi connectivity index (χ4n) is 1.27. The maximum absolute atomic E-state index is 11.6. The number of hydrogen-bond donors (Lipinski definition) is 2. The first-order valence-corrected chi connectivity index (χ1v) is 5.77. The van der Waals surface area contributed by atoms with Crippen LogP contribution in [0.5, 0.6) is 0 Å². The fraction of sp³-hybridized carbons (Fsp3) is 0.500. The van der Waals surface area contributed by atoms with E-state index in [0.29, 0.717) is 31.9 Å². The summed E-state index contributed by atoms with van der Waals surface area (Å²) in [4.78, 5) is 24.9. The minimum absolute atomic E-state index is 0.205. The van der Waals surface area contributed by atoms with Crippen molar-refractivity contribution in [3.05, 3.63) is 34.2 Å². The number of rotatable bonds is 8. The largest absolute Gasteiger partial charge is 0.382 e. The van der Waals surface area contributed by atoms with Crippen LogP contribution in [0.4, 0.5) is 0 Å². The quantitative estimate of drug-likeness (QED) is 0.647. The minimum atomic E-state index is -0.224. The monoisotopic (exact) mass is 254 g/mol. The van der Waals surface area contributed by atoms with E-state index in [1.165, 1.54) is 18.3 Å². The highest BCUT2D eigenvalue weighted by Crippen LogP contribution is 1.92. The molecule has 100 valence electrons. The van der Waals surface area contributed by atoms with Crippen LogP contribution in [-0.2, 0) is 9.47 Å². The van der Waals surface area contributed by atoms with E-state index < -0.39 is 0 Å². The Kier molecular flexibility index (Phi) is 6.75. The number of methoxy groups -OCH3 is 1. The van der Waals surface area contributed by atoms with Gasteiger partial charge in [0.2, 0.25) is 5.56 Å². The maximum atomic E-state index is 11.6. The fourth-order valence-corrected chi connectivity index (χ4v) is 1.27. The van der Waals surface area contributed by atoms with Crippen LogP contribution < -0.4 is 10.9 Å². The average Bonchev–Trinajstić information content (AvgIpc) is 2.38. The highest BCUT2D eigenvalue weighted by molar-refractivity contribution is 5.93. The molecule has 0 aromatic carbocycles. The lowest BCUT2D eigenvalue weighted by Gasteiger charge is -2.05. The lowest BCUT2D eigenvalue weighted by Crippen LogP contribution is -2.26. The van der Waals surface area contributed by atoms with E-state index in [0.717, 1.165) is 6.42 Å². The van der Waals surface area contributed by atoms with Gasteiger partial charge in [0, 0.05) is 32.5 Å². The zero-order valence-electron chi connectivity index (χ0n) is 10.4. The predicted molar refractivity (Wildman–Crippen MR) is 66.7 cm³/mol. The lowest BCUT2D eigenvalue weighted by atomic mass is 10.2. The number of nitrogens with one attached hydrogen (secondary N) is 2. The van der Waals surface area contributed by atoms with Crippen LogP contribution in [0.3, 0.4) is 0 Å². The summed E-state index contributed by atoms with van der Waals surface area (Å²) in [5.41, 5.74) is 0.216. The maximum Gasteiger partial charge on any atom is 0.252 e. The summed E-state index contributed by atoms with van der Waals surface area (Å²) in [5.74, 6) is -0.205. The van der Waals surface area contributed by atoms with Gasteiger partial charge in [-0.2, -0.15) is 0 Å². The Balaban J connectivity index is 2.14. The Bertz CT molecular complexity index is 396. The Hall–Kier alpha value is -1.66. The standard InChI is InChI=1S/C12H18N2O4/c1-17-7-8-18-6-2-5-13-12(16)10-3-4-11(15)14-9-10/h3-4,9H,2,5-8H2,1H3,(H,13,16)(H,14,15). The zero-order chi connectivity index (χ0) is 13.2. The first-order chi connectivity index (χ1) is 8.74. The molecule has 0 spiro atoms. The van der Waals surface area contributed by atoms with Crippen LogP contribution in [0, 0.1) is 0 Å². The van der Waals surface area contributed by atoms with Gasteiger partial charge in [0.25, 0.3) is 5.91 Å². The van der Waals surface area contributed by atoms with Gasteiger partial charge in [-0.25, -0.2) is 0 Å². The van der Waals surface area contributed by atoms with Gasteiger partial charge in [-0.3, -0.25) is 9.59 Å². The van der Waals surface area contributed by atoms with E-state index in [9.17, 15) is 9.59 Å².